The van der Waals surface area contributed by atoms with Crippen molar-refractivity contribution in [2.45, 2.75) is 26.2 Å². The fourth-order valence-corrected chi connectivity index (χ4v) is 7.27. The fourth-order valence-electron chi connectivity index (χ4n) is 6.30. The van der Waals surface area contributed by atoms with E-state index in [9.17, 15) is 0 Å². The van der Waals surface area contributed by atoms with Gasteiger partial charge in [0.05, 0.1) is 16.7 Å². The first-order chi connectivity index (χ1) is 21.5. The monoisotopic (exact) mass is 584 g/mol. The summed E-state index contributed by atoms with van der Waals surface area (Å²) >= 11 is 1.79. The second-order valence-electron chi connectivity index (χ2n) is 12.5. The molecule has 0 bridgehead atoms. The van der Waals surface area contributed by atoms with E-state index in [0.717, 1.165) is 28.1 Å². The molecule has 8 rings (SSSR count). The Morgan fingerprint density at radius 3 is 1.80 bits per heavy atom. The Morgan fingerprint density at radius 1 is 0.591 bits per heavy atom. The molecule has 0 unspecified atom stereocenters. The first-order valence-corrected chi connectivity index (χ1v) is 16.0. The first kappa shape index (κ1) is 26.6. The van der Waals surface area contributed by atoms with Crippen LogP contribution in [0.25, 0.3) is 71.2 Å². The molecule has 8 aromatic rings. The molecular weight excluding hydrogens is 553 g/mol. The van der Waals surface area contributed by atoms with Gasteiger partial charge in [0.1, 0.15) is 5.82 Å². The van der Waals surface area contributed by atoms with Gasteiger partial charge in [0.15, 0.2) is 0 Å². The number of thiophene rings is 1. The summed E-state index contributed by atoms with van der Waals surface area (Å²) in [5.74, 6) is 0.964. The number of fused-ring (bicyclic) bond motifs is 3. The number of nitrogens with zero attached hydrogens (tertiary/aromatic N) is 2. The van der Waals surface area contributed by atoms with Crippen molar-refractivity contribution in [2.24, 2.45) is 0 Å². The number of rotatable bonds is 4. The van der Waals surface area contributed by atoms with Gasteiger partial charge in [-0.05, 0) is 69.3 Å². The standard InChI is InChI=1S/C41H32N2S/c1-41(2,3)31-24-32(27-14-6-4-7-15-27)39(33(25-31)28-16-8-5-9-17-28)43-37-21-13-12-20-36(37)42-40(43)35-26-44-38-23-30-19-11-10-18-29(30)22-34(35)38/h4-26H,1-3H3. The van der Waals surface area contributed by atoms with Crippen LogP contribution in [0.15, 0.2) is 139 Å². The zero-order valence-corrected chi connectivity index (χ0v) is 25.9. The average molecular weight is 585 g/mol. The summed E-state index contributed by atoms with van der Waals surface area (Å²) in [7, 11) is 0. The lowest BCUT2D eigenvalue weighted by Gasteiger charge is -2.26. The van der Waals surface area contributed by atoms with E-state index in [1.165, 1.54) is 48.7 Å². The molecule has 0 N–H and O–H groups in total. The second-order valence-corrected chi connectivity index (χ2v) is 13.4. The van der Waals surface area contributed by atoms with E-state index in [2.05, 4.69) is 164 Å². The molecule has 0 aliphatic rings. The highest BCUT2D eigenvalue weighted by Crippen LogP contribution is 2.45. The molecule has 0 amide bonds. The van der Waals surface area contributed by atoms with Crippen molar-refractivity contribution in [3.63, 3.8) is 0 Å². The van der Waals surface area contributed by atoms with Gasteiger partial charge in [-0.15, -0.1) is 11.3 Å². The molecule has 2 aromatic heterocycles. The Bertz CT molecular complexity index is 2240. The van der Waals surface area contributed by atoms with E-state index >= 15 is 0 Å². The van der Waals surface area contributed by atoms with Crippen molar-refractivity contribution in [1.82, 2.24) is 9.55 Å². The van der Waals surface area contributed by atoms with Gasteiger partial charge >= 0.3 is 0 Å². The summed E-state index contributed by atoms with van der Waals surface area (Å²) in [6.07, 6.45) is 0. The minimum atomic E-state index is -0.0317. The lowest BCUT2D eigenvalue weighted by Crippen LogP contribution is -2.13. The highest BCUT2D eigenvalue weighted by Gasteiger charge is 2.26. The van der Waals surface area contributed by atoms with E-state index in [1.807, 2.05) is 0 Å². The molecule has 0 aliphatic carbocycles. The van der Waals surface area contributed by atoms with E-state index in [-0.39, 0.29) is 5.41 Å². The topological polar surface area (TPSA) is 17.8 Å². The third-order valence-electron chi connectivity index (χ3n) is 8.61. The smallest absolute Gasteiger partial charge is 0.147 e. The largest absolute Gasteiger partial charge is 0.291 e. The van der Waals surface area contributed by atoms with Gasteiger partial charge in [-0.1, -0.05) is 118 Å². The molecule has 2 heterocycles. The van der Waals surface area contributed by atoms with Crippen molar-refractivity contribution in [1.29, 1.82) is 0 Å². The molecule has 2 nitrogen and oxygen atoms in total. The maximum Gasteiger partial charge on any atom is 0.147 e. The maximum atomic E-state index is 5.37. The lowest BCUT2D eigenvalue weighted by molar-refractivity contribution is 0.590. The third-order valence-corrected chi connectivity index (χ3v) is 9.56. The summed E-state index contributed by atoms with van der Waals surface area (Å²) in [5, 5.41) is 6.03. The van der Waals surface area contributed by atoms with Crippen molar-refractivity contribution in [2.75, 3.05) is 0 Å². The molecule has 212 valence electrons. The van der Waals surface area contributed by atoms with E-state index in [1.54, 1.807) is 11.3 Å². The molecule has 0 atom stereocenters. The average Bonchev–Trinajstić information content (AvgIpc) is 3.64. The zero-order valence-electron chi connectivity index (χ0n) is 25.1. The van der Waals surface area contributed by atoms with Gasteiger partial charge in [-0.2, -0.15) is 0 Å². The third kappa shape index (κ3) is 4.44. The van der Waals surface area contributed by atoms with Crippen LogP contribution in [0.4, 0.5) is 0 Å². The Balaban J connectivity index is 1.53. The highest BCUT2D eigenvalue weighted by atomic mass is 32.1. The summed E-state index contributed by atoms with van der Waals surface area (Å²) in [6, 6.07) is 48.2. The summed E-state index contributed by atoms with van der Waals surface area (Å²) in [6.45, 7) is 6.89. The Morgan fingerprint density at radius 2 is 1.16 bits per heavy atom. The molecule has 6 aromatic carbocycles. The van der Waals surface area contributed by atoms with E-state index in [0.29, 0.717) is 0 Å². The number of imidazole rings is 1. The van der Waals surface area contributed by atoms with Crippen LogP contribution in [0.3, 0.4) is 0 Å². The lowest BCUT2D eigenvalue weighted by atomic mass is 9.82. The highest BCUT2D eigenvalue weighted by molar-refractivity contribution is 7.17. The normalized spacial score (nSPS) is 12.0. The van der Waals surface area contributed by atoms with E-state index < -0.39 is 0 Å². The predicted molar refractivity (Wildman–Crippen MR) is 189 cm³/mol. The zero-order chi connectivity index (χ0) is 29.8. The van der Waals surface area contributed by atoms with Gasteiger partial charge in [0.2, 0.25) is 0 Å². The van der Waals surface area contributed by atoms with Crippen LogP contribution in [-0.4, -0.2) is 9.55 Å². The molecule has 0 saturated carbocycles. The van der Waals surface area contributed by atoms with Crippen LogP contribution in [0.5, 0.6) is 0 Å². The number of benzene rings is 6. The van der Waals surface area contributed by atoms with Crippen LogP contribution < -0.4 is 0 Å². The molecule has 0 fully saturated rings. The number of aromatic nitrogens is 2. The maximum absolute atomic E-state index is 5.37. The van der Waals surface area contributed by atoms with Crippen LogP contribution >= 0.6 is 11.3 Å². The first-order valence-electron chi connectivity index (χ1n) is 15.1. The minimum absolute atomic E-state index is 0.0317. The second kappa shape index (κ2) is 10.3. The molecule has 0 aliphatic heterocycles. The SMILES string of the molecule is CC(C)(C)c1cc(-c2ccccc2)c(-n2c(-c3csc4cc5ccccc5cc34)nc3ccccc32)c(-c2ccccc2)c1. The molecule has 3 heteroatoms. The summed E-state index contributed by atoms with van der Waals surface area (Å²) < 4.78 is 3.69. The van der Waals surface area contributed by atoms with Crippen LogP contribution in [-0.2, 0) is 5.41 Å². The van der Waals surface area contributed by atoms with Crippen molar-refractivity contribution >= 4 is 43.2 Å². The number of hydrogen-bond acceptors (Lipinski definition) is 2. The van der Waals surface area contributed by atoms with Crippen molar-refractivity contribution in [3.05, 3.63) is 144 Å². The quantitative estimate of drug-likeness (QED) is 0.201. The molecular formula is C41H32N2S. The van der Waals surface area contributed by atoms with Gasteiger partial charge in [-0.3, -0.25) is 4.57 Å². The summed E-state index contributed by atoms with van der Waals surface area (Å²) in [5.41, 5.74) is 10.4. The molecule has 0 radical (unpaired) electrons. The van der Waals surface area contributed by atoms with Crippen LogP contribution in [0, 0.1) is 0 Å². The number of para-hydroxylation sites is 2. The summed E-state index contributed by atoms with van der Waals surface area (Å²) in [4.78, 5) is 5.37. The van der Waals surface area contributed by atoms with Gasteiger partial charge in [-0.25, -0.2) is 4.98 Å². The minimum Gasteiger partial charge on any atom is -0.291 e. The van der Waals surface area contributed by atoms with Gasteiger partial charge < -0.3 is 0 Å². The Kier molecular flexibility index (Phi) is 6.25. The molecule has 0 spiro atoms. The predicted octanol–water partition coefficient (Wildman–Crippen LogP) is 11.7. The molecule has 0 saturated heterocycles. The number of hydrogen-bond donors (Lipinski definition) is 0. The Hall–Kier alpha value is -4.99. The van der Waals surface area contributed by atoms with Crippen molar-refractivity contribution < 1.29 is 0 Å². The van der Waals surface area contributed by atoms with E-state index in [4.69, 9.17) is 4.98 Å². The van der Waals surface area contributed by atoms with Gasteiger partial charge in [0.25, 0.3) is 0 Å². The van der Waals surface area contributed by atoms with Gasteiger partial charge in [0, 0.05) is 32.2 Å². The van der Waals surface area contributed by atoms with Crippen LogP contribution in [0.2, 0.25) is 0 Å². The van der Waals surface area contributed by atoms with Crippen LogP contribution in [0.1, 0.15) is 26.3 Å². The molecule has 44 heavy (non-hydrogen) atoms. The Labute approximate surface area is 261 Å². The fraction of sp³-hybridized carbons (Fsp3) is 0.0976. The van der Waals surface area contributed by atoms with Crippen molar-refractivity contribution in [3.8, 4) is 39.3 Å².